The smallest absolute Gasteiger partial charge is 0.223 e. The van der Waals surface area contributed by atoms with Gasteiger partial charge in [-0.3, -0.25) is 4.79 Å². The quantitative estimate of drug-likeness (QED) is 0.792. The Morgan fingerprint density at radius 1 is 1.47 bits per heavy atom. The first kappa shape index (κ1) is 12.0. The lowest BCUT2D eigenvalue weighted by molar-refractivity contribution is -0.117. The Morgan fingerprint density at radius 2 is 2.29 bits per heavy atom. The Balaban J connectivity index is 2.27. The molecular weight excluding hydrogens is 236 g/mol. The Morgan fingerprint density at radius 3 is 3.00 bits per heavy atom. The standard InChI is InChI=1S/C13H15ClN2O/c14-8-9-3-1-2-4-11(9)12-6-5-10(16-12)7-13(15)17/h2,4-6,16H,1,3,7-8H2,(H2,15,17). The molecule has 17 heavy (non-hydrogen) atoms. The average Bonchev–Trinajstić information content (AvgIpc) is 2.76. The first-order valence-electron chi connectivity index (χ1n) is 5.62. The number of nitrogens with two attached hydrogens (primary N) is 1. The Kier molecular flexibility index (Phi) is 3.69. The lowest BCUT2D eigenvalue weighted by Gasteiger charge is -2.12. The van der Waals surface area contributed by atoms with Gasteiger partial charge in [0, 0.05) is 17.3 Å². The van der Waals surface area contributed by atoms with Crippen molar-refractivity contribution in [3.8, 4) is 0 Å². The zero-order valence-corrected chi connectivity index (χ0v) is 10.3. The molecule has 1 aliphatic rings. The van der Waals surface area contributed by atoms with Crippen LogP contribution in [0.5, 0.6) is 0 Å². The summed E-state index contributed by atoms with van der Waals surface area (Å²) >= 11 is 5.94. The molecule has 1 aliphatic carbocycles. The van der Waals surface area contributed by atoms with Crippen LogP contribution in [0, 0.1) is 0 Å². The number of amides is 1. The van der Waals surface area contributed by atoms with Crippen molar-refractivity contribution in [1.29, 1.82) is 0 Å². The summed E-state index contributed by atoms with van der Waals surface area (Å²) in [5.41, 5.74) is 9.39. The van der Waals surface area contributed by atoms with E-state index in [4.69, 9.17) is 17.3 Å². The molecule has 0 fully saturated rings. The van der Waals surface area contributed by atoms with Gasteiger partial charge in [0.25, 0.3) is 0 Å². The molecule has 3 nitrogen and oxygen atoms in total. The molecule has 0 saturated heterocycles. The van der Waals surface area contributed by atoms with Crippen LogP contribution >= 0.6 is 11.6 Å². The molecule has 0 bridgehead atoms. The summed E-state index contributed by atoms with van der Waals surface area (Å²) in [7, 11) is 0. The molecule has 0 aromatic carbocycles. The maximum atomic E-state index is 10.8. The van der Waals surface area contributed by atoms with Gasteiger partial charge in [-0.25, -0.2) is 0 Å². The van der Waals surface area contributed by atoms with E-state index < -0.39 is 0 Å². The maximum absolute atomic E-state index is 10.8. The van der Waals surface area contributed by atoms with Gasteiger partial charge in [-0.1, -0.05) is 12.2 Å². The van der Waals surface area contributed by atoms with E-state index in [2.05, 4.69) is 17.1 Å². The number of allylic oxidation sites excluding steroid dienone is 4. The van der Waals surface area contributed by atoms with Crippen molar-refractivity contribution < 1.29 is 4.79 Å². The Labute approximate surface area is 105 Å². The third-order valence-electron chi connectivity index (χ3n) is 2.84. The number of aromatic nitrogens is 1. The second-order valence-corrected chi connectivity index (χ2v) is 4.40. The van der Waals surface area contributed by atoms with Crippen molar-refractivity contribution in [3.05, 3.63) is 41.2 Å². The summed E-state index contributed by atoms with van der Waals surface area (Å²) in [6.07, 6.45) is 6.51. The van der Waals surface area contributed by atoms with E-state index in [1.165, 1.54) is 5.57 Å². The van der Waals surface area contributed by atoms with Crippen LogP contribution < -0.4 is 5.73 Å². The van der Waals surface area contributed by atoms with Crippen molar-refractivity contribution in [3.63, 3.8) is 0 Å². The van der Waals surface area contributed by atoms with Crippen LogP contribution in [0.2, 0.25) is 0 Å². The molecule has 0 unspecified atom stereocenters. The molecule has 0 spiro atoms. The van der Waals surface area contributed by atoms with Gasteiger partial charge in [0.1, 0.15) is 0 Å². The van der Waals surface area contributed by atoms with E-state index in [-0.39, 0.29) is 12.3 Å². The fourth-order valence-electron chi connectivity index (χ4n) is 2.02. The van der Waals surface area contributed by atoms with Gasteiger partial charge < -0.3 is 10.7 Å². The summed E-state index contributed by atoms with van der Waals surface area (Å²) in [6, 6.07) is 3.86. The third-order valence-corrected chi connectivity index (χ3v) is 3.16. The van der Waals surface area contributed by atoms with Crippen molar-refractivity contribution in [2.45, 2.75) is 19.3 Å². The first-order chi connectivity index (χ1) is 8.20. The zero-order chi connectivity index (χ0) is 12.3. The third kappa shape index (κ3) is 2.80. The monoisotopic (exact) mass is 250 g/mol. The number of hydrogen-bond acceptors (Lipinski definition) is 1. The number of carbonyl (C=O) groups excluding carboxylic acids is 1. The minimum Gasteiger partial charge on any atom is -0.369 e. The van der Waals surface area contributed by atoms with E-state index in [1.54, 1.807) is 0 Å². The molecule has 2 rings (SSSR count). The number of hydrogen-bond donors (Lipinski definition) is 2. The van der Waals surface area contributed by atoms with Crippen LogP contribution in [-0.4, -0.2) is 16.8 Å². The first-order valence-corrected chi connectivity index (χ1v) is 6.15. The van der Waals surface area contributed by atoms with Gasteiger partial charge in [0.15, 0.2) is 0 Å². The number of primary amides is 1. The van der Waals surface area contributed by atoms with Gasteiger partial charge in [-0.15, -0.1) is 11.6 Å². The van der Waals surface area contributed by atoms with Crippen LogP contribution in [0.1, 0.15) is 24.2 Å². The number of H-pyrrole nitrogens is 1. The summed E-state index contributed by atoms with van der Waals surface area (Å²) < 4.78 is 0. The van der Waals surface area contributed by atoms with E-state index in [9.17, 15) is 4.79 Å². The molecule has 0 radical (unpaired) electrons. The summed E-state index contributed by atoms with van der Waals surface area (Å²) in [5, 5.41) is 0. The van der Waals surface area contributed by atoms with Crippen LogP contribution in [0.4, 0.5) is 0 Å². The van der Waals surface area contributed by atoms with Gasteiger partial charge >= 0.3 is 0 Å². The molecule has 90 valence electrons. The Bertz CT molecular complexity index is 485. The minimum absolute atomic E-state index is 0.243. The average molecular weight is 251 g/mol. The van der Waals surface area contributed by atoms with Crippen LogP contribution in [-0.2, 0) is 11.2 Å². The number of rotatable bonds is 4. The predicted molar refractivity (Wildman–Crippen MR) is 69.7 cm³/mol. The number of nitrogens with one attached hydrogen (secondary N) is 1. The van der Waals surface area contributed by atoms with E-state index in [0.717, 1.165) is 29.8 Å². The molecule has 0 aliphatic heterocycles. The number of aromatic amines is 1. The molecule has 3 N–H and O–H groups in total. The fourth-order valence-corrected chi connectivity index (χ4v) is 2.30. The highest BCUT2D eigenvalue weighted by molar-refractivity contribution is 6.20. The topological polar surface area (TPSA) is 58.9 Å². The van der Waals surface area contributed by atoms with Gasteiger partial charge in [-0.05, 0) is 36.1 Å². The molecule has 0 atom stereocenters. The van der Waals surface area contributed by atoms with Crippen LogP contribution in [0.25, 0.3) is 5.57 Å². The van der Waals surface area contributed by atoms with Gasteiger partial charge in [-0.2, -0.15) is 0 Å². The number of carbonyl (C=O) groups is 1. The van der Waals surface area contributed by atoms with Crippen molar-refractivity contribution >= 4 is 23.1 Å². The summed E-state index contributed by atoms with van der Waals surface area (Å²) in [4.78, 5) is 14.0. The second kappa shape index (κ2) is 5.23. The fraction of sp³-hybridized carbons (Fsp3) is 0.308. The van der Waals surface area contributed by atoms with E-state index in [1.807, 2.05) is 12.1 Å². The second-order valence-electron chi connectivity index (χ2n) is 4.13. The molecular formula is C13H15ClN2O. The van der Waals surface area contributed by atoms with Crippen molar-refractivity contribution in [2.24, 2.45) is 5.73 Å². The lowest BCUT2D eigenvalue weighted by Crippen LogP contribution is -2.13. The molecule has 4 heteroatoms. The Hall–Kier alpha value is -1.48. The summed E-state index contributed by atoms with van der Waals surface area (Å²) in [6.45, 7) is 0. The largest absolute Gasteiger partial charge is 0.369 e. The van der Waals surface area contributed by atoms with Crippen molar-refractivity contribution in [1.82, 2.24) is 4.98 Å². The molecule has 1 aromatic heterocycles. The molecule has 1 aromatic rings. The molecule has 0 saturated carbocycles. The van der Waals surface area contributed by atoms with Crippen LogP contribution in [0.15, 0.2) is 29.9 Å². The van der Waals surface area contributed by atoms with E-state index >= 15 is 0 Å². The minimum atomic E-state index is -0.330. The predicted octanol–water partition coefficient (Wildman–Crippen LogP) is 2.38. The van der Waals surface area contributed by atoms with Gasteiger partial charge in [0.2, 0.25) is 5.91 Å². The lowest BCUT2D eigenvalue weighted by atomic mass is 9.97. The SMILES string of the molecule is NC(=O)Cc1ccc(C2=C(CCl)CCC=C2)[nH]1. The number of alkyl halides is 1. The molecule has 1 heterocycles. The molecule has 1 amide bonds. The highest BCUT2D eigenvalue weighted by Gasteiger charge is 2.11. The highest BCUT2D eigenvalue weighted by atomic mass is 35.5. The van der Waals surface area contributed by atoms with E-state index in [0.29, 0.717) is 5.88 Å². The van der Waals surface area contributed by atoms with Crippen LogP contribution in [0.3, 0.4) is 0 Å². The summed E-state index contributed by atoms with van der Waals surface area (Å²) in [5.74, 6) is 0.216. The van der Waals surface area contributed by atoms with Crippen molar-refractivity contribution in [2.75, 3.05) is 5.88 Å². The normalized spacial score (nSPS) is 15.4. The highest BCUT2D eigenvalue weighted by Crippen LogP contribution is 2.27. The maximum Gasteiger partial charge on any atom is 0.223 e. The van der Waals surface area contributed by atoms with Gasteiger partial charge in [0.05, 0.1) is 6.42 Å². The number of halogens is 1. The zero-order valence-electron chi connectivity index (χ0n) is 9.50.